The van der Waals surface area contributed by atoms with Crippen molar-refractivity contribution in [1.29, 1.82) is 0 Å². The van der Waals surface area contributed by atoms with Crippen LogP contribution >= 0.6 is 0 Å². The minimum Gasteiger partial charge on any atom is -0.385 e. The van der Waals surface area contributed by atoms with Crippen molar-refractivity contribution in [3.05, 3.63) is 77.1 Å². The fraction of sp³-hybridized carbons (Fsp3) is 0.364. The van der Waals surface area contributed by atoms with Crippen LogP contribution in [0.15, 0.2) is 60.2 Å². The Hall–Kier alpha value is -1.97. The lowest BCUT2D eigenvalue weighted by atomic mass is 9.77. The van der Waals surface area contributed by atoms with E-state index in [2.05, 4.69) is 11.8 Å². The van der Waals surface area contributed by atoms with Crippen LogP contribution in [0.1, 0.15) is 25.0 Å². The Balaban J connectivity index is 2.36. The summed E-state index contributed by atoms with van der Waals surface area (Å²) in [6.07, 6.45) is 2.50. The van der Waals surface area contributed by atoms with E-state index < -0.39 is 5.60 Å². The van der Waals surface area contributed by atoms with Crippen LogP contribution in [0.4, 0.5) is 4.39 Å². The molecule has 2 nitrogen and oxygen atoms in total. The molecule has 0 aliphatic rings. The first-order valence-corrected chi connectivity index (χ1v) is 8.66. The van der Waals surface area contributed by atoms with Gasteiger partial charge in [0.1, 0.15) is 5.82 Å². The molecule has 0 fully saturated rings. The third kappa shape index (κ3) is 5.25. The summed E-state index contributed by atoms with van der Waals surface area (Å²) in [6, 6.07) is 16.4. The smallest absolute Gasteiger partial charge is 0.123 e. The van der Waals surface area contributed by atoms with Crippen molar-refractivity contribution in [1.82, 2.24) is 4.90 Å². The topological polar surface area (TPSA) is 23.5 Å². The first-order valence-electron chi connectivity index (χ1n) is 8.66. The van der Waals surface area contributed by atoms with E-state index in [1.54, 1.807) is 12.1 Å². The lowest BCUT2D eigenvalue weighted by Gasteiger charge is -2.37. The van der Waals surface area contributed by atoms with Crippen LogP contribution in [-0.4, -0.2) is 36.2 Å². The van der Waals surface area contributed by atoms with Crippen molar-refractivity contribution in [3.8, 4) is 0 Å². The van der Waals surface area contributed by atoms with Gasteiger partial charge in [-0.1, -0.05) is 55.5 Å². The van der Waals surface area contributed by atoms with E-state index in [1.807, 2.05) is 57.4 Å². The lowest BCUT2D eigenvalue weighted by Crippen LogP contribution is -2.44. The molecule has 2 rings (SSSR count). The van der Waals surface area contributed by atoms with Crippen LogP contribution in [0.25, 0.3) is 6.08 Å². The van der Waals surface area contributed by atoms with Crippen LogP contribution < -0.4 is 0 Å². The summed E-state index contributed by atoms with van der Waals surface area (Å²) in [5.41, 5.74) is 1.90. The van der Waals surface area contributed by atoms with Crippen molar-refractivity contribution in [2.24, 2.45) is 5.92 Å². The Morgan fingerprint density at radius 1 is 1.12 bits per heavy atom. The predicted molar refractivity (Wildman–Crippen MR) is 103 cm³/mol. The number of nitrogens with zero attached hydrogens (tertiary/aromatic N) is 1. The first-order chi connectivity index (χ1) is 11.8. The van der Waals surface area contributed by atoms with E-state index in [-0.39, 0.29) is 11.7 Å². The molecule has 134 valence electrons. The molecule has 1 N–H and O–H groups in total. The van der Waals surface area contributed by atoms with Crippen LogP contribution in [0, 0.1) is 11.7 Å². The van der Waals surface area contributed by atoms with E-state index in [4.69, 9.17) is 0 Å². The summed E-state index contributed by atoms with van der Waals surface area (Å²) in [4.78, 5) is 2.09. The van der Waals surface area contributed by atoms with E-state index in [9.17, 15) is 9.50 Å². The average molecular weight is 341 g/mol. The van der Waals surface area contributed by atoms with Gasteiger partial charge >= 0.3 is 0 Å². The molecule has 25 heavy (non-hydrogen) atoms. The molecule has 0 aromatic heterocycles. The molecule has 0 aliphatic carbocycles. The number of halogens is 1. The molecule has 2 aromatic rings. The Kier molecular flexibility index (Phi) is 6.51. The van der Waals surface area contributed by atoms with Gasteiger partial charge in [0, 0.05) is 18.9 Å². The zero-order valence-corrected chi connectivity index (χ0v) is 15.5. The summed E-state index contributed by atoms with van der Waals surface area (Å²) in [5, 5.41) is 11.6. The number of hydrogen-bond donors (Lipinski definition) is 1. The van der Waals surface area contributed by atoms with E-state index >= 15 is 0 Å². The minimum atomic E-state index is -0.972. The second kappa shape index (κ2) is 8.41. The standard InChI is InChI=1S/C22H28FNO/c1-17(14-19-10-12-21(23)13-11-19)22(25,18(2)16-24(3)4)15-20-8-6-5-7-9-20/h5-14,18,25H,15-16H2,1-4H3/b17-14+. The normalized spacial score (nSPS) is 15.9. The second-order valence-corrected chi connectivity index (χ2v) is 7.13. The Morgan fingerprint density at radius 2 is 1.72 bits per heavy atom. The quantitative estimate of drug-likeness (QED) is 0.807. The Morgan fingerprint density at radius 3 is 2.28 bits per heavy atom. The molecule has 3 heteroatoms. The fourth-order valence-corrected chi connectivity index (χ4v) is 3.24. The summed E-state index contributed by atoms with van der Waals surface area (Å²) in [6.45, 7) is 4.81. The van der Waals surface area contributed by atoms with Crippen LogP contribution in [0.3, 0.4) is 0 Å². The molecule has 2 unspecified atom stereocenters. The molecule has 0 amide bonds. The largest absolute Gasteiger partial charge is 0.385 e. The summed E-state index contributed by atoms with van der Waals surface area (Å²) < 4.78 is 13.1. The van der Waals surface area contributed by atoms with Crippen LogP contribution in [0.5, 0.6) is 0 Å². The fourth-order valence-electron chi connectivity index (χ4n) is 3.24. The monoisotopic (exact) mass is 341 g/mol. The molecule has 0 aliphatic heterocycles. The second-order valence-electron chi connectivity index (χ2n) is 7.13. The molecule has 0 radical (unpaired) electrons. The van der Waals surface area contributed by atoms with Gasteiger partial charge in [0.25, 0.3) is 0 Å². The third-order valence-electron chi connectivity index (χ3n) is 4.71. The van der Waals surface area contributed by atoms with Gasteiger partial charge in [-0.25, -0.2) is 4.39 Å². The van der Waals surface area contributed by atoms with Gasteiger partial charge in [0.05, 0.1) is 5.60 Å². The highest BCUT2D eigenvalue weighted by Gasteiger charge is 2.36. The minimum absolute atomic E-state index is 0.0411. The third-order valence-corrected chi connectivity index (χ3v) is 4.71. The first kappa shape index (κ1) is 19.4. The zero-order valence-electron chi connectivity index (χ0n) is 15.5. The Labute approximate surface area is 150 Å². The molecule has 2 atom stereocenters. The molecule has 0 heterocycles. The van der Waals surface area contributed by atoms with Gasteiger partial charge in [-0.3, -0.25) is 0 Å². The van der Waals surface area contributed by atoms with Gasteiger partial charge in [0.15, 0.2) is 0 Å². The van der Waals surface area contributed by atoms with E-state index in [1.165, 1.54) is 12.1 Å². The number of rotatable bonds is 7. The highest BCUT2D eigenvalue weighted by molar-refractivity contribution is 5.55. The van der Waals surface area contributed by atoms with Crippen LogP contribution in [-0.2, 0) is 6.42 Å². The SMILES string of the molecule is C/C(=C\c1ccc(F)cc1)C(O)(Cc1ccccc1)C(C)CN(C)C. The van der Waals surface area contributed by atoms with Crippen molar-refractivity contribution in [2.45, 2.75) is 25.9 Å². The maximum absolute atomic E-state index is 13.1. The molecular formula is C22H28FNO. The van der Waals surface area contributed by atoms with Gasteiger partial charge in [-0.2, -0.15) is 0 Å². The molecular weight excluding hydrogens is 313 g/mol. The lowest BCUT2D eigenvalue weighted by molar-refractivity contribution is 0.0150. The Bertz CT molecular complexity index is 694. The maximum Gasteiger partial charge on any atom is 0.123 e. The summed E-state index contributed by atoms with van der Waals surface area (Å²) in [5.74, 6) is -0.213. The van der Waals surface area contributed by atoms with Crippen molar-refractivity contribution in [3.63, 3.8) is 0 Å². The molecule has 2 aromatic carbocycles. The van der Waals surface area contributed by atoms with Gasteiger partial charge in [-0.05, 0) is 49.9 Å². The number of hydrogen-bond acceptors (Lipinski definition) is 2. The number of aliphatic hydroxyl groups is 1. The van der Waals surface area contributed by atoms with E-state index in [0.717, 1.165) is 23.2 Å². The molecule has 0 spiro atoms. The highest BCUT2D eigenvalue weighted by Crippen LogP contribution is 2.32. The zero-order chi connectivity index (χ0) is 18.4. The van der Waals surface area contributed by atoms with Crippen molar-refractivity contribution in [2.75, 3.05) is 20.6 Å². The summed E-state index contributed by atoms with van der Waals surface area (Å²) >= 11 is 0. The van der Waals surface area contributed by atoms with Gasteiger partial charge in [-0.15, -0.1) is 0 Å². The molecule has 0 saturated heterocycles. The molecule has 0 bridgehead atoms. The van der Waals surface area contributed by atoms with Crippen LogP contribution in [0.2, 0.25) is 0 Å². The van der Waals surface area contributed by atoms with Gasteiger partial charge in [0.2, 0.25) is 0 Å². The predicted octanol–water partition coefficient (Wildman–Crippen LogP) is 4.40. The number of benzene rings is 2. The van der Waals surface area contributed by atoms with Crippen molar-refractivity contribution < 1.29 is 9.50 Å². The maximum atomic E-state index is 13.1. The van der Waals surface area contributed by atoms with E-state index in [0.29, 0.717) is 6.42 Å². The van der Waals surface area contributed by atoms with Crippen molar-refractivity contribution >= 4 is 6.08 Å². The van der Waals surface area contributed by atoms with Gasteiger partial charge < -0.3 is 10.0 Å². The molecule has 0 saturated carbocycles. The highest BCUT2D eigenvalue weighted by atomic mass is 19.1. The average Bonchev–Trinajstić information content (AvgIpc) is 2.57. The summed E-state index contributed by atoms with van der Waals surface area (Å²) in [7, 11) is 4.02.